The van der Waals surface area contributed by atoms with E-state index >= 15 is 0 Å². The van der Waals surface area contributed by atoms with E-state index in [1.165, 1.54) is 6.21 Å². The first kappa shape index (κ1) is 18.6. The third kappa shape index (κ3) is 6.40. The molecule has 0 spiro atoms. The van der Waals surface area contributed by atoms with Crippen LogP contribution in [-0.2, 0) is 20.9 Å². The molecule has 2 aromatic rings. The summed E-state index contributed by atoms with van der Waals surface area (Å²) in [5, 5.41) is 6.17. The van der Waals surface area contributed by atoms with Crippen LogP contribution in [0.2, 0.25) is 0 Å². The van der Waals surface area contributed by atoms with Gasteiger partial charge in [0.15, 0.2) is 6.61 Å². The van der Waals surface area contributed by atoms with E-state index in [2.05, 4.69) is 20.8 Å². The highest BCUT2D eigenvalue weighted by molar-refractivity contribution is 6.35. The van der Waals surface area contributed by atoms with Crippen molar-refractivity contribution in [3.8, 4) is 5.75 Å². The third-order valence-electron chi connectivity index (χ3n) is 3.02. The average molecular weight is 355 g/mol. The molecule has 9 heteroatoms. The molecule has 0 aliphatic carbocycles. The molecule has 0 aliphatic rings. The second-order valence-electron chi connectivity index (χ2n) is 5.07. The Labute approximate surface area is 149 Å². The number of hydrazone groups is 1. The highest BCUT2D eigenvalue weighted by Gasteiger charge is 2.11. The van der Waals surface area contributed by atoms with E-state index < -0.39 is 17.7 Å². The molecule has 0 radical (unpaired) electrons. The first-order valence-electron chi connectivity index (χ1n) is 7.56. The molecule has 0 saturated heterocycles. The normalized spacial score (nSPS) is 10.3. The number of hydrogen-bond donors (Lipinski definition) is 3. The zero-order valence-electron chi connectivity index (χ0n) is 13.7. The van der Waals surface area contributed by atoms with Crippen molar-refractivity contribution in [1.29, 1.82) is 0 Å². The van der Waals surface area contributed by atoms with Crippen molar-refractivity contribution < 1.29 is 19.1 Å². The predicted octanol–water partition coefficient (Wildman–Crippen LogP) is -0.288. The van der Waals surface area contributed by atoms with Crippen LogP contribution in [0.4, 0.5) is 0 Å². The minimum Gasteiger partial charge on any atom is -0.484 e. The van der Waals surface area contributed by atoms with E-state index in [4.69, 9.17) is 10.5 Å². The van der Waals surface area contributed by atoms with Gasteiger partial charge in [0.2, 0.25) is 0 Å². The molecule has 134 valence electrons. The molecule has 1 aromatic carbocycles. The van der Waals surface area contributed by atoms with E-state index in [-0.39, 0.29) is 13.2 Å². The molecule has 0 aliphatic heterocycles. The predicted molar refractivity (Wildman–Crippen MR) is 93.0 cm³/mol. The highest BCUT2D eigenvalue weighted by atomic mass is 16.5. The second-order valence-corrected chi connectivity index (χ2v) is 5.07. The summed E-state index contributed by atoms with van der Waals surface area (Å²) in [5.41, 5.74) is 8.55. The molecular weight excluding hydrogens is 338 g/mol. The van der Waals surface area contributed by atoms with Crippen LogP contribution in [0.1, 0.15) is 11.1 Å². The molecule has 0 atom stereocenters. The number of ether oxygens (including phenoxy) is 1. The van der Waals surface area contributed by atoms with Crippen LogP contribution in [0, 0.1) is 0 Å². The highest BCUT2D eigenvalue weighted by Crippen LogP contribution is 2.10. The number of nitrogens with one attached hydrogen (secondary N) is 2. The van der Waals surface area contributed by atoms with Gasteiger partial charge in [-0.1, -0.05) is 6.07 Å². The number of nitrogens with two attached hydrogens (primary N) is 1. The number of carbonyl (C=O) groups is 3. The molecule has 0 bridgehead atoms. The maximum Gasteiger partial charge on any atom is 0.329 e. The number of primary amides is 1. The molecule has 2 rings (SSSR count). The van der Waals surface area contributed by atoms with Gasteiger partial charge in [0.25, 0.3) is 5.91 Å². The van der Waals surface area contributed by atoms with E-state index in [1.807, 2.05) is 0 Å². The quantitative estimate of drug-likeness (QED) is 0.356. The zero-order valence-corrected chi connectivity index (χ0v) is 13.7. The van der Waals surface area contributed by atoms with Gasteiger partial charge in [0.1, 0.15) is 5.75 Å². The molecule has 26 heavy (non-hydrogen) atoms. The number of carbonyl (C=O) groups excluding carboxylic acids is 3. The summed E-state index contributed by atoms with van der Waals surface area (Å²) in [6.45, 7) is -0.0196. The van der Waals surface area contributed by atoms with Crippen LogP contribution in [0.25, 0.3) is 0 Å². The van der Waals surface area contributed by atoms with E-state index in [1.54, 1.807) is 48.8 Å². The van der Waals surface area contributed by atoms with Gasteiger partial charge in [-0.3, -0.25) is 19.4 Å². The van der Waals surface area contributed by atoms with Crippen LogP contribution in [-0.4, -0.2) is 35.5 Å². The average Bonchev–Trinajstić information content (AvgIpc) is 2.66. The SMILES string of the molecule is NC(=O)COc1ccc(/C=N\NC(=O)C(=O)NCc2cccnc2)cc1. The first-order chi connectivity index (χ1) is 12.5. The van der Waals surface area contributed by atoms with Crippen molar-refractivity contribution >= 4 is 23.9 Å². The van der Waals surface area contributed by atoms with Crippen molar-refractivity contribution in [2.75, 3.05) is 6.61 Å². The molecule has 0 fully saturated rings. The van der Waals surface area contributed by atoms with Crippen molar-refractivity contribution in [3.63, 3.8) is 0 Å². The lowest BCUT2D eigenvalue weighted by Gasteiger charge is -2.04. The summed E-state index contributed by atoms with van der Waals surface area (Å²) in [6, 6.07) is 10.1. The minimum absolute atomic E-state index is 0.191. The Morgan fingerprint density at radius 2 is 1.92 bits per heavy atom. The number of amides is 3. The van der Waals surface area contributed by atoms with E-state index in [0.29, 0.717) is 11.3 Å². The minimum atomic E-state index is -0.883. The van der Waals surface area contributed by atoms with Gasteiger partial charge in [-0.15, -0.1) is 0 Å². The number of nitrogens with zero attached hydrogens (tertiary/aromatic N) is 2. The van der Waals surface area contributed by atoms with E-state index in [0.717, 1.165) is 5.56 Å². The molecule has 9 nitrogen and oxygen atoms in total. The zero-order chi connectivity index (χ0) is 18.8. The number of hydrogen-bond acceptors (Lipinski definition) is 6. The van der Waals surface area contributed by atoms with Gasteiger partial charge < -0.3 is 15.8 Å². The number of rotatable bonds is 7. The van der Waals surface area contributed by atoms with Crippen LogP contribution >= 0.6 is 0 Å². The van der Waals surface area contributed by atoms with Crippen LogP contribution in [0.15, 0.2) is 53.9 Å². The number of aromatic nitrogens is 1. The largest absolute Gasteiger partial charge is 0.484 e. The molecule has 1 aromatic heterocycles. The smallest absolute Gasteiger partial charge is 0.329 e. The molecule has 4 N–H and O–H groups in total. The van der Waals surface area contributed by atoms with Crippen LogP contribution in [0.5, 0.6) is 5.75 Å². The Kier molecular flexibility index (Phi) is 6.81. The Morgan fingerprint density at radius 1 is 1.15 bits per heavy atom. The standard InChI is InChI=1S/C17H17N5O4/c18-15(23)11-26-14-5-3-12(4-6-14)10-21-22-17(25)16(24)20-9-13-2-1-7-19-8-13/h1-8,10H,9,11H2,(H2,18,23)(H,20,24)(H,22,25)/b21-10-. The lowest BCUT2D eigenvalue weighted by Crippen LogP contribution is -2.37. The molecular formula is C17H17N5O4. The summed E-state index contributed by atoms with van der Waals surface area (Å²) in [6.07, 6.45) is 4.57. The number of benzene rings is 1. The summed E-state index contributed by atoms with van der Waals surface area (Å²) in [4.78, 5) is 37.8. The molecule has 0 saturated carbocycles. The summed E-state index contributed by atoms with van der Waals surface area (Å²) in [5.74, 6) is -1.78. The summed E-state index contributed by atoms with van der Waals surface area (Å²) < 4.78 is 5.11. The van der Waals surface area contributed by atoms with Gasteiger partial charge in [-0.25, -0.2) is 5.43 Å². The Hall–Kier alpha value is -3.75. The fourth-order valence-corrected chi connectivity index (χ4v) is 1.79. The summed E-state index contributed by atoms with van der Waals surface area (Å²) >= 11 is 0. The Morgan fingerprint density at radius 3 is 2.58 bits per heavy atom. The van der Waals surface area contributed by atoms with Gasteiger partial charge in [-0.2, -0.15) is 5.10 Å². The van der Waals surface area contributed by atoms with Crippen LogP contribution < -0.4 is 21.2 Å². The van der Waals surface area contributed by atoms with Gasteiger partial charge in [-0.05, 0) is 41.5 Å². The monoisotopic (exact) mass is 355 g/mol. The molecule has 1 heterocycles. The number of pyridine rings is 1. The lowest BCUT2D eigenvalue weighted by molar-refractivity contribution is -0.139. The summed E-state index contributed by atoms with van der Waals surface area (Å²) in [7, 11) is 0. The fraction of sp³-hybridized carbons (Fsp3) is 0.118. The maximum atomic E-state index is 11.7. The molecule has 0 unspecified atom stereocenters. The van der Waals surface area contributed by atoms with Crippen molar-refractivity contribution in [1.82, 2.24) is 15.7 Å². The topological polar surface area (TPSA) is 136 Å². The third-order valence-corrected chi connectivity index (χ3v) is 3.02. The van der Waals surface area contributed by atoms with E-state index in [9.17, 15) is 14.4 Å². The van der Waals surface area contributed by atoms with Crippen LogP contribution in [0.3, 0.4) is 0 Å². The maximum absolute atomic E-state index is 11.7. The van der Waals surface area contributed by atoms with Gasteiger partial charge in [0.05, 0.1) is 6.21 Å². The second kappa shape index (κ2) is 9.52. The van der Waals surface area contributed by atoms with Crippen molar-refractivity contribution in [2.24, 2.45) is 10.8 Å². The fourth-order valence-electron chi connectivity index (χ4n) is 1.79. The lowest BCUT2D eigenvalue weighted by atomic mass is 10.2. The van der Waals surface area contributed by atoms with Gasteiger partial charge >= 0.3 is 11.8 Å². The first-order valence-corrected chi connectivity index (χ1v) is 7.56. The van der Waals surface area contributed by atoms with Crippen molar-refractivity contribution in [2.45, 2.75) is 6.54 Å². The van der Waals surface area contributed by atoms with Crippen molar-refractivity contribution in [3.05, 3.63) is 59.9 Å². The molecule has 3 amide bonds. The Bertz CT molecular complexity index is 791. The Balaban J connectivity index is 1.77. The van der Waals surface area contributed by atoms with Gasteiger partial charge in [0, 0.05) is 18.9 Å².